The van der Waals surface area contributed by atoms with Crippen molar-refractivity contribution < 1.29 is 18.9 Å². The van der Waals surface area contributed by atoms with Crippen molar-refractivity contribution in [3.8, 4) is 17.2 Å². The van der Waals surface area contributed by atoms with Crippen LogP contribution in [0.3, 0.4) is 0 Å². The first-order valence-electron chi connectivity index (χ1n) is 6.19. The summed E-state index contributed by atoms with van der Waals surface area (Å²) in [4.78, 5) is 0. The molecule has 0 aliphatic heterocycles. The second kappa shape index (κ2) is 9.04. The van der Waals surface area contributed by atoms with Crippen LogP contribution in [-0.2, 0) is 10.1 Å². The number of benzene rings is 1. The molecule has 0 heterocycles. The quantitative estimate of drug-likeness (QED) is 0.513. The number of alkyl halides is 1. The summed E-state index contributed by atoms with van der Waals surface area (Å²) in [5, 5.41) is 0.744. The summed E-state index contributed by atoms with van der Waals surface area (Å²) in [6, 6.07) is 3.89. The first kappa shape index (κ1) is 16.1. The fraction of sp³-hybridized carbons (Fsp3) is 0.571. The molecule has 0 saturated heterocycles. The molecule has 0 atom stereocenters. The Bertz CT molecular complexity index is 357. The second-order valence-corrected chi connectivity index (χ2v) is 4.57. The monoisotopic (exact) mass is 332 g/mol. The van der Waals surface area contributed by atoms with Gasteiger partial charge in [-0.3, -0.25) is 0 Å². The Morgan fingerprint density at radius 2 is 1.53 bits per heavy atom. The molecule has 0 unspecified atom stereocenters. The van der Waals surface area contributed by atoms with Crippen molar-refractivity contribution in [3.05, 3.63) is 17.7 Å². The molecule has 0 N–H and O–H groups in total. The number of rotatable bonds is 9. The van der Waals surface area contributed by atoms with Gasteiger partial charge < -0.3 is 18.9 Å². The molecule has 0 bridgehead atoms. The fourth-order valence-corrected chi connectivity index (χ4v) is 2.00. The van der Waals surface area contributed by atoms with Crippen LogP contribution in [0.15, 0.2) is 12.1 Å². The zero-order valence-electron chi connectivity index (χ0n) is 11.7. The van der Waals surface area contributed by atoms with E-state index < -0.39 is 0 Å². The van der Waals surface area contributed by atoms with Crippen LogP contribution < -0.4 is 14.2 Å². The highest BCUT2D eigenvalue weighted by atomic mass is 79.9. The maximum atomic E-state index is 5.78. The van der Waals surface area contributed by atoms with Crippen LogP contribution in [0.25, 0.3) is 0 Å². The van der Waals surface area contributed by atoms with E-state index in [9.17, 15) is 0 Å². The highest BCUT2D eigenvalue weighted by Crippen LogP contribution is 2.39. The van der Waals surface area contributed by atoms with Gasteiger partial charge in [0.25, 0.3) is 0 Å². The third kappa shape index (κ3) is 4.91. The molecule has 0 aliphatic carbocycles. The maximum absolute atomic E-state index is 5.78. The van der Waals surface area contributed by atoms with Crippen LogP contribution in [0.2, 0.25) is 0 Å². The van der Waals surface area contributed by atoms with Crippen LogP contribution >= 0.6 is 15.9 Å². The van der Waals surface area contributed by atoms with Gasteiger partial charge in [-0.05, 0) is 30.5 Å². The summed E-state index contributed by atoms with van der Waals surface area (Å²) in [6.07, 6.45) is 1.90. The molecule has 4 nitrogen and oxygen atoms in total. The number of halogens is 1. The van der Waals surface area contributed by atoms with Crippen molar-refractivity contribution in [2.24, 2.45) is 0 Å². The van der Waals surface area contributed by atoms with Crippen molar-refractivity contribution in [1.29, 1.82) is 0 Å². The van der Waals surface area contributed by atoms with Crippen molar-refractivity contribution >= 4 is 15.9 Å². The molecule has 0 fully saturated rings. The second-order valence-electron chi connectivity index (χ2n) is 4.01. The topological polar surface area (TPSA) is 36.9 Å². The van der Waals surface area contributed by atoms with Crippen molar-refractivity contribution in [2.75, 3.05) is 34.5 Å². The van der Waals surface area contributed by atoms with E-state index in [1.54, 1.807) is 21.3 Å². The van der Waals surface area contributed by atoms with Gasteiger partial charge >= 0.3 is 0 Å². The van der Waals surface area contributed by atoms with E-state index in [2.05, 4.69) is 15.9 Å². The average Bonchev–Trinajstić information content (AvgIpc) is 2.46. The summed E-state index contributed by atoms with van der Waals surface area (Å²) in [5.74, 6) is 2.05. The zero-order valence-corrected chi connectivity index (χ0v) is 13.3. The van der Waals surface area contributed by atoms with Crippen LogP contribution in [0.5, 0.6) is 17.2 Å². The molecular weight excluding hydrogens is 312 g/mol. The molecule has 19 heavy (non-hydrogen) atoms. The normalized spacial score (nSPS) is 10.3. The molecule has 0 aliphatic rings. The third-order valence-corrected chi connectivity index (χ3v) is 3.31. The van der Waals surface area contributed by atoms with Crippen LogP contribution in [0.1, 0.15) is 18.4 Å². The van der Waals surface area contributed by atoms with E-state index in [-0.39, 0.29) is 0 Å². The van der Waals surface area contributed by atoms with E-state index in [1.165, 1.54) is 0 Å². The first-order chi connectivity index (χ1) is 9.26. The largest absolute Gasteiger partial charge is 0.493 e. The van der Waals surface area contributed by atoms with Gasteiger partial charge in [0, 0.05) is 19.0 Å². The molecular formula is C14H21BrO4. The molecule has 0 spiro atoms. The predicted molar refractivity (Wildman–Crippen MR) is 78.8 cm³/mol. The van der Waals surface area contributed by atoms with Gasteiger partial charge in [0.05, 0.1) is 20.8 Å². The van der Waals surface area contributed by atoms with E-state index >= 15 is 0 Å². The summed E-state index contributed by atoms with van der Waals surface area (Å²) < 4.78 is 21.5. The van der Waals surface area contributed by atoms with E-state index in [0.29, 0.717) is 23.9 Å². The lowest BCUT2D eigenvalue weighted by Crippen LogP contribution is -2.03. The number of hydrogen-bond donors (Lipinski definition) is 0. The summed E-state index contributed by atoms with van der Waals surface area (Å²) in [5.41, 5.74) is 1.08. The highest BCUT2D eigenvalue weighted by Gasteiger charge is 2.13. The molecule has 0 aromatic heterocycles. The Kier molecular flexibility index (Phi) is 7.67. The molecule has 1 aromatic carbocycles. The molecule has 108 valence electrons. The molecule has 0 amide bonds. The summed E-state index contributed by atoms with van der Waals surface area (Å²) in [6.45, 7) is 1.36. The maximum Gasteiger partial charge on any atom is 0.203 e. The Morgan fingerprint density at radius 3 is 2.00 bits per heavy atom. The molecule has 1 rings (SSSR count). The number of unbranched alkanes of at least 4 members (excludes halogenated alkanes) is 1. The fourth-order valence-electron chi connectivity index (χ4n) is 1.68. The van der Waals surface area contributed by atoms with E-state index in [0.717, 1.165) is 30.3 Å². The smallest absolute Gasteiger partial charge is 0.203 e. The lowest BCUT2D eigenvalue weighted by Gasteiger charge is -2.15. The number of ether oxygens (including phenoxy) is 4. The molecule has 0 radical (unpaired) electrons. The Labute approximate surface area is 123 Å². The van der Waals surface area contributed by atoms with Gasteiger partial charge in [-0.15, -0.1) is 0 Å². The van der Waals surface area contributed by atoms with Crippen LogP contribution in [0, 0.1) is 0 Å². The van der Waals surface area contributed by atoms with Gasteiger partial charge in [0.1, 0.15) is 0 Å². The first-order valence-corrected chi connectivity index (χ1v) is 7.31. The van der Waals surface area contributed by atoms with Crippen LogP contribution in [-0.4, -0.2) is 34.5 Å². The molecule has 5 heteroatoms. The molecule has 0 saturated carbocycles. The number of hydrogen-bond acceptors (Lipinski definition) is 4. The summed E-state index contributed by atoms with van der Waals surface area (Å²) >= 11 is 3.42. The Balaban J connectivity index is 2.73. The molecule has 1 aromatic rings. The van der Waals surface area contributed by atoms with Gasteiger partial charge in [0.2, 0.25) is 5.75 Å². The number of methoxy groups -OCH3 is 3. The highest BCUT2D eigenvalue weighted by molar-refractivity contribution is 9.08. The van der Waals surface area contributed by atoms with Gasteiger partial charge in [-0.2, -0.15) is 0 Å². The standard InChI is InChI=1S/C14H21BrO4/c1-16-6-4-5-7-19-14-12(17-2)8-11(10-15)9-13(14)18-3/h8-9H,4-7,10H2,1-3H3. The minimum absolute atomic E-state index is 0.615. The minimum Gasteiger partial charge on any atom is -0.493 e. The van der Waals surface area contributed by atoms with Crippen LogP contribution in [0.4, 0.5) is 0 Å². The van der Waals surface area contributed by atoms with E-state index in [1.807, 2.05) is 12.1 Å². The van der Waals surface area contributed by atoms with Gasteiger partial charge in [-0.1, -0.05) is 15.9 Å². The van der Waals surface area contributed by atoms with Gasteiger partial charge in [-0.25, -0.2) is 0 Å². The Morgan fingerprint density at radius 1 is 0.947 bits per heavy atom. The van der Waals surface area contributed by atoms with Crippen molar-refractivity contribution in [3.63, 3.8) is 0 Å². The zero-order chi connectivity index (χ0) is 14.1. The minimum atomic E-state index is 0.615. The third-order valence-electron chi connectivity index (χ3n) is 2.66. The predicted octanol–water partition coefficient (Wildman–Crippen LogP) is 3.40. The van der Waals surface area contributed by atoms with Crippen molar-refractivity contribution in [2.45, 2.75) is 18.2 Å². The van der Waals surface area contributed by atoms with Crippen molar-refractivity contribution in [1.82, 2.24) is 0 Å². The lowest BCUT2D eigenvalue weighted by atomic mass is 10.2. The van der Waals surface area contributed by atoms with Gasteiger partial charge in [0.15, 0.2) is 11.5 Å². The average molecular weight is 333 g/mol. The summed E-state index contributed by atoms with van der Waals surface area (Å²) in [7, 11) is 4.96. The lowest BCUT2D eigenvalue weighted by molar-refractivity contribution is 0.182. The SMILES string of the molecule is COCCCCOc1c(OC)cc(CBr)cc1OC. The Hall–Kier alpha value is -0.940. The van der Waals surface area contributed by atoms with E-state index in [4.69, 9.17) is 18.9 Å².